The summed E-state index contributed by atoms with van der Waals surface area (Å²) in [5, 5.41) is 4.82. The van der Waals surface area contributed by atoms with E-state index in [0.717, 1.165) is 30.0 Å². The third-order valence-electron chi connectivity index (χ3n) is 5.98. The van der Waals surface area contributed by atoms with Crippen molar-refractivity contribution in [2.45, 2.75) is 18.8 Å². The van der Waals surface area contributed by atoms with Crippen LogP contribution in [0.2, 0.25) is 0 Å². The van der Waals surface area contributed by atoms with Gasteiger partial charge in [-0.3, -0.25) is 9.63 Å². The maximum Gasteiger partial charge on any atom is 0.259 e. The minimum absolute atomic E-state index is 0.110. The molecule has 0 aliphatic heterocycles. The number of hydrogen-bond donors (Lipinski definition) is 2. The average Bonchev–Trinajstić information content (AvgIpc) is 3.08. The van der Waals surface area contributed by atoms with E-state index in [1.165, 1.54) is 30.4 Å². The summed E-state index contributed by atoms with van der Waals surface area (Å²) >= 11 is 0. The predicted molar refractivity (Wildman–Crippen MR) is 112 cm³/mol. The average molecular weight is 431 g/mol. The van der Waals surface area contributed by atoms with Gasteiger partial charge in [0.1, 0.15) is 17.5 Å². The van der Waals surface area contributed by atoms with Crippen molar-refractivity contribution in [3.8, 4) is 11.3 Å². The van der Waals surface area contributed by atoms with Crippen LogP contribution in [0.15, 0.2) is 36.4 Å². The van der Waals surface area contributed by atoms with E-state index in [1.807, 2.05) is 0 Å². The van der Waals surface area contributed by atoms with Crippen molar-refractivity contribution in [1.82, 2.24) is 15.4 Å². The molecule has 31 heavy (non-hydrogen) atoms. The van der Waals surface area contributed by atoms with E-state index in [1.54, 1.807) is 19.2 Å². The van der Waals surface area contributed by atoms with Gasteiger partial charge in [0.05, 0.1) is 24.9 Å². The molecule has 1 amide bonds. The van der Waals surface area contributed by atoms with Crippen LogP contribution in [-0.4, -0.2) is 43.2 Å². The number of nitrogens with one attached hydrogen (secondary N) is 2. The fraction of sp³-hybridized carbons (Fsp3) is 0.348. The molecule has 1 aromatic heterocycles. The molecule has 0 bridgehead atoms. The molecule has 1 fully saturated rings. The SMILES string of the molecule is CON(C)C(=O)CNC[C@H]1C[C@H](c2c(-c3ccc(F)cc3)[nH]c3c(F)cc(F)cc32)C1. The summed E-state index contributed by atoms with van der Waals surface area (Å²) in [6.45, 7) is 0.840. The Labute approximate surface area is 178 Å². The van der Waals surface area contributed by atoms with Gasteiger partial charge in [-0.25, -0.2) is 18.2 Å². The van der Waals surface area contributed by atoms with Crippen LogP contribution >= 0.6 is 0 Å². The highest BCUT2D eigenvalue weighted by Gasteiger charge is 2.34. The monoisotopic (exact) mass is 431 g/mol. The van der Waals surface area contributed by atoms with Gasteiger partial charge in [-0.15, -0.1) is 0 Å². The Balaban J connectivity index is 1.54. The van der Waals surface area contributed by atoms with E-state index < -0.39 is 11.6 Å². The lowest BCUT2D eigenvalue weighted by atomic mass is 9.70. The number of halogens is 3. The second-order valence-corrected chi connectivity index (χ2v) is 7.97. The molecule has 4 rings (SSSR count). The number of amides is 1. The minimum atomic E-state index is -0.650. The zero-order valence-electron chi connectivity index (χ0n) is 17.3. The van der Waals surface area contributed by atoms with Crippen molar-refractivity contribution in [2.24, 2.45) is 5.92 Å². The number of aromatic nitrogens is 1. The fourth-order valence-corrected chi connectivity index (χ4v) is 4.24. The lowest BCUT2D eigenvalue weighted by molar-refractivity contribution is -0.167. The van der Waals surface area contributed by atoms with E-state index in [2.05, 4.69) is 10.3 Å². The van der Waals surface area contributed by atoms with Crippen LogP contribution in [0.1, 0.15) is 24.3 Å². The number of fused-ring (bicyclic) bond motifs is 1. The van der Waals surface area contributed by atoms with E-state index in [0.29, 0.717) is 23.5 Å². The van der Waals surface area contributed by atoms with Crippen molar-refractivity contribution in [3.05, 3.63) is 59.4 Å². The van der Waals surface area contributed by atoms with Gasteiger partial charge in [-0.1, -0.05) is 0 Å². The van der Waals surface area contributed by atoms with Gasteiger partial charge >= 0.3 is 0 Å². The summed E-state index contributed by atoms with van der Waals surface area (Å²) in [7, 11) is 2.98. The largest absolute Gasteiger partial charge is 0.352 e. The van der Waals surface area contributed by atoms with Crippen molar-refractivity contribution in [2.75, 3.05) is 27.2 Å². The van der Waals surface area contributed by atoms with Gasteiger partial charge in [0, 0.05) is 18.5 Å². The van der Waals surface area contributed by atoms with Crippen LogP contribution in [0, 0.1) is 23.4 Å². The zero-order chi connectivity index (χ0) is 22.1. The first kappa shape index (κ1) is 21.4. The molecule has 0 saturated heterocycles. The van der Waals surface area contributed by atoms with Crippen LogP contribution in [0.25, 0.3) is 22.2 Å². The molecule has 0 spiro atoms. The topological polar surface area (TPSA) is 57.4 Å². The normalized spacial score (nSPS) is 18.2. The molecule has 1 aliphatic rings. The lowest BCUT2D eigenvalue weighted by Crippen LogP contribution is -2.39. The molecule has 1 aliphatic carbocycles. The summed E-state index contributed by atoms with van der Waals surface area (Å²) in [6, 6.07) is 8.17. The minimum Gasteiger partial charge on any atom is -0.352 e. The highest BCUT2D eigenvalue weighted by molar-refractivity contribution is 5.92. The maximum atomic E-state index is 14.4. The molecule has 3 aromatic rings. The van der Waals surface area contributed by atoms with E-state index in [9.17, 15) is 18.0 Å². The molecule has 0 unspecified atom stereocenters. The number of aromatic amines is 1. The van der Waals surface area contributed by atoms with E-state index in [-0.39, 0.29) is 29.7 Å². The smallest absolute Gasteiger partial charge is 0.259 e. The lowest BCUT2D eigenvalue weighted by Gasteiger charge is -2.36. The Morgan fingerprint density at radius 2 is 1.87 bits per heavy atom. The summed E-state index contributed by atoms with van der Waals surface area (Å²) < 4.78 is 41.8. The van der Waals surface area contributed by atoms with Crippen LogP contribution in [0.5, 0.6) is 0 Å². The standard InChI is InChI=1S/C23H24F3N3O2/c1-29(31-2)20(30)12-27-11-13-7-15(8-13)21-18-9-17(25)10-19(26)23(18)28-22(21)14-3-5-16(24)6-4-14/h3-6,9-10,13,15,27-28H,7-8,11-12H2,1-2H3/t13-,15-. The Morgan fingerprint density at radius 1 is 1.16 bits per heavy atom. The van der Waals surface area contributed by atoms with Gasteiger partial charge in [0.2, 0.25) is 0 Å². The van der Waals surface area contributed by atoms with Crippen LogP contribution < -0.4 is 5.32 Å². The molecule has 8 heteroatoms. The molecular formula is C23H24F3N3O2. The number of H-pyrrole nitrogens is 1. The van der Waals surface area contributed by atoms with E-state index >= 15 is 0 Å². The molecular weight excluding hydrogens is 407 g/mol. The Hall–Kier alpha value is -2.84. The molecule has 2 aromatic carbocycles. The number of hydrogen-bond acceptors (Lipinski definition) is 3. The van der Waals surface area contributed by atoms with Crippen LogP contribution in [0.4, 0.5) is 13.2 Å². The summed E-state index contributed by atoms with van der Waals surface area (Å²) in [5.41, 5.74) is 2.52. The number of likely N-dealkylation sites (N-methyl/N-ethyl adjacent to an activating group) is 1. The highest BCUT2D eigenvalue weighted by Crippen LogP contribution is 2.48. The molecule has 0 radical (unpaired) electrons. The summed E-state index contributed by atoms with van der Waals surface area (Å²) in [6.07, 6.45) is 1.64. The van der Waals surface area contributed by atoms with Crippen molar-refractivity contribution in [1.29, 1.82) is 0 Å². The molecule has 2 N–H and O–H groups in total. The third kappa shape index (κ3) is 4.31. The van der Waals surface area contributed by atoms with Crippen molar-refractivity contribution in [3.63, 3.8) is 0 Å². The highest BCUT2D eigenvalue weighted by atomic mass is 19.1. The van der Waals surface area contributed by atoms with Gasteiger partial charge in [-0.2, -0.15) is 0 Å². The summed E-state index contributed by atoms with van der Waals surface area (Å²) in [4.78, 5) is 19.7. The van der Waals surface area contributed by atoms with Gasteiger partial charge < -0.3 is 10.3 Å². The second kappa shape index (κ2) is 8.72. The quantitative estimate of drug-likeness (QED) is 0.547. The van der Waals surface area contributed by atoms with Gasteiger partial charge in [0.25, 0.3) is 5.91 Å². The molecule has 0 atom stereocenters. The van der Waals surface area contributed by atoms with Crippen LogP contribution in [-0.2, 0) is 9.63 Å². The predicted octanol–water partition coefficient (Wildman–Crippen LogP) is 4.36. The fourth-order valence-electron chi connectivity index (χ4n) is 4.24. The number of benzene rings is 2. The molecule has 164 valence electrons. The number of carbonyl (C=O) groups is 1. The summed E-state index contributed by atoms with van der Waals surface area (Å²) in [5.74, 6) is -1.35. The Morgan fingerprint density at radius 3 is 2.55 bits per heavy atom. The van der Waals surface area contributed by atoms with Crippen molar-refractivity contribution >= 4 is 16.8 Å². The van der Waals surface area contributed by atoms with Crippen LogP contribution in [0.3, 0.4) is 0 Å². The molecule has 1 saturated carbocycles. The van der Waals surface area contributed by atoms with E-state index in [4.69, 9.17) is 4.84 Å². The number of hydroxylamine groups is 2. The second-order valence-electron chi connectivity index (χ2n) is 7.97. The molecule has 5 nitrogen and oxygen atoms in total. The Bertz CT molecular complexity index is 1090. The molecule has 1 heterocycles. The first-order valence-electron chi connectivity index (χ1n) is 10.1. The first-order valence-corrected chi connectivity index (χ1v) is 10.1. The number of carbonyl (C=O) groups excluding carboxylic acids is 1. The zero-order valence-corrected chi connectivity index (χ0v) is 17.3. The number of nitrogens with zero attached hydrogens (tertiary/aromatic N) is 1. The van der Waals surface area contributed by atoms with Gasteiger partial charge in [-0.05, 0) is 72.7 Å². The maximum absolute atomic E-state index is 14.4. The Kier molecular flexibility index (Phi) is 6.02. The first-order chi connectivity index (χ1) is 14.9. The third-order valence-corrected chi connectivity index (χ3v) is 5.98. The number of rotatable bonds is 7. The van der Waals surface area contributed by atoms with Gasteiger partial charge in [0.15, 0.2) is 0 Å². The van der Waals surface area contributed by atoms with Crippen molar-refractivity contribution < 1.29 is 22.8 Å².